The molecule has 54 valence electrons. The molecule has 1 heterocycles. The molecule has 0 aromatic carbocycles. The van der Waals surface area contributed by atoms with Gasteiger partial charge in [-0.3, -0.25) is 0 Å². The Morgan fingerprint density at radius 2 is 1.56 bits per heavy atom. The van der Waals surface area contributed by atoms with Crippen molar-refractivity contribution in [2.75, 3.05) is 13.2 Å². The molecule has 0 aromatic heterocycles. The molecule has 1 saturated heterocycles. The third-order valence-electron chi connectivity index (χ3n) is 1.60. The fourth-order valence-corrected chi connectivity index (χ4v) is 3.69. The van der Waals surface area contributed by atoms with E-state index in [1.165, 1.54) is 0 Å². The number of hydrogen-bond donors (Lipinski definition) is 2. The van der Waals surface area contributed by atoms with Gasteiger partial charge in [-0.25, -0.2) is 0 Å². The summed E-state index contributed by atoms with van der Waals surface area (Å²) in [6, 6.07) is 0. The van der Waals surface area contributed by atoms with Crippen LogP contribution >= 0.6 is 0 Å². The summed E-state index contributed by atoms with van der Waals surface area (Å²) in [6.07, 6.45) is 2.25. The molecule has 1 aliphatic rings. The van der Waals surface area contributed by atoms with E-state index in [0.717, 1.165) is 12.8 Å². The van der Waals surface area contributed by atoms with Gasteiger partial charge in [0.05, 0.1) is 0 Å². The van der Waals surface area contributed by atoms with Crippen molar-refractivity contribution in [3.05, 3.63) is 0 Å². The van der Waals surface area contributed by atoms with Gasteiger partial charge >= 0.3 is 60.9 Å². The van der Waals surface area contributed by atoms with Gasteiger partial charge in [-0.2, -0.15) is 0 Å². The van der Waals surface area contributed by atoms with Crippen molar-refractivity contribution in [2.45, 2.75) is 22.5 Å². The van der Waals surface area contributed by atoms with Crippen LogP contribution in [0, 0.1) is 0 Å². The molecule has 1 rings (SSSR count). The van der Waals surface area contributed by atoms with Crippen molar-refractivity contribution in [1.29, 1.82) is 0 Å². The second-order valence-corrected chi connectivity index (χ2v) is 5.69. The molecule has 0 bridgehead atoms. The van der Waals surface area contributed by atoms with E-state index in [2.05, 4.69) is 0 Å². The average molecular weight is 195 g/mol. The Labute approximate surface area is 61.4 Å². The van der Waals surface area contributed by atoms with E-state index in [-0.39, 0.29) is 0 Å². The van der Waals surface area contributed by atoms with Gasteiger partial charge in [-0.15, -0.1) is 0 Å². The van der Waals surface area contributed by atoms with E-state index in [0.29, 0.717) is 37.8 Å². The zero-order valence-electron chi connectivity index (χ0n) is 5.29. The summed E-state index contributed by atoms with van der Waals surface area (Å²) in [6.45, 7) is 0.660. The van der Waals surface area contributed by atoms with Crippen LogP contribution in [0.3, 0.4) is 0 Å². The Bertz CT molecular complexity index is 77.1. The van der Waals surface area contributed by atoms with Crippen LogP contribution in [0.5, 0.6) is 0 Å². The summed E-state index contributed by atoms with van der Waals surface area (Å²) in [5.74, 6) is 0. The molecule has 1 fully saturated rings. The van der Waals surface area contributed by atoms with Gasteiger partial charge in [0.15, 0.2) is 0 Å². The van der Waals surface area contributed by atoms with Crippen molar-refractivity contribution in [3.8, 4) is 0 Å². The molecule has 0 amide bonds. The Balaban J connectivity index is 2.20. The van der Waals surface area contributed by atoms with E-state index in [1.807, 2.05) is 0 Å². The first-order valence-electron chi connectivity index (χ1n) is 3.24. The van der Waals surface area contributed by atoms with Crippen molar-refractivity contribution >= 4 is 15.0 Å². The van der Waals surface area contributed by atoms with Crippen LogP contribution < -0.4 is 0 Å². The molecule has 3 heteroatoms. The van der Waals surface area contributed by atoms with Gasteiger partial charge in [-0.05, 0) is 0 Å². The summed E-state index contributed by atoms with van der Waals surface area (Å²) in [4.78, 5) is 1.07. The summed E-state index contributed by atoms with van der Waals surface area (Å²) >= 11 is 0.503. The molecular formula is C6H12O2Se. The van der Waals surface area contributed by atoms with Gasteiger partial charge in [0, 0.05) is 0 Å². The molecule has 9 heavy (non-hydrogen) atoms. The molecule has 0 saturated carbocycles. The molecule has 2 N–H and O–H groups in total. The number of aliphatic hydroxyl groups is 2. The van der Waals surface area contributed by atoms with Gasteiger partial charge in [0.2, 0.25) is 0 Å². The van der Waals surface area contributed by atoms with Gasteiger partial charge < -0.3 is 0 Å². The number of hydrogen-bond acceptors (Lipinski definition) is 2. The first-order chi connectivity index (χ1) is 4.36. The molecular weight excluding hydrogens is 183 g/mol. The fourth-order valence-electron chi connectivity index (χ4n) is 1.05. The van der Waals surface area contributed by atoms with Gasteiger partial charge in [-0.1, -0.05) is 0 Å². The SMILES string of the molecule is OCC1CCC(CO)[Se]1. The van der Waals surface area contributed by atoms with E-state index in [4.69, 9.17) is 10.2 Å². The summed E-state index contributed by atoms with van der Waals surface area (Å²) in [5, 5.41) is 17.4. The fraction of sp³-hybridized carbons (Fsp3) is 1.00. The van der Waals surface area contributed by atoms with Crippen LogP contribution in [0.1, 0.15) is 12.8 Å². The first kappa shape index (κ1) is 7.55. The Hall–Kier alpha value is 0.439. The third-order valence-corrected chi connectivity index (χ3v) is 4.83. The second-order valence-electron chi connectivity index (χ2n) is 2.32. The zero-order chi connectivity index (χ0) is 6.69. The van der Waals surface area contributed by atoms with Crippen molar-refractivity contribution < 1.29 is 10.2 Å². The van der Waals surface area contributed by atoms with Gasteiger partial charge in [0.25, 0.3) is 0 Å². The molecule has 2 unspecified atom stereocenters. The first-order valence-corrected chi connectivity index (χ1v) is 5.21. The Morgan fingerprint density at radius 3 is 1.78 bits per heavy atom. The standard InChI is InChI=1S/C6H12O2Se/c7-3-5-1-2-6(4-8)9-5/h5-8H,1-4H2. The summed E-state index contributed by atoms with van der Waals surface area (Å²) < 4.78 is 0. The minimum atomic E-state index is 0.330. The van der Waals surface area contributed by atoms with Crippen LogP contribution in [-0.4, -0.2) is 38.4 Å². The molecule has 1 aliphatic heterocycles. The van der Waals surface area contributed by atoms with E-state index in [1.54, 1.807) is 0 Å². The van der Waals surface area contributed by atoms with Crippen molar-refractivity contribution in [3.63, 3.8) is 0 Å². The quantitative estimate of drug-likeness (QED) is 0.611. The van der Waals surface area contributed by atoms with Gasteiger partial charge in [0.1, 0.15) is 0 Å². The zero-order valence-corrected chi connectivity index (χ0v) is 7.00. The molecule has 2 nitrogen and oxygen atoms in total. The predicted octanol–water partition coefficient (Wildman–Crippen LogP) is 0.0460. The normalized spacial score (nSPS) is 35.3. The third kappa shape index (κ3) is 1.94. The van der Waals surface area contributed by atoms with E-state index < -0.39 is 0 Å². The van der Waals surface area contributed by atoms with Crippen LogP contribution in [0.4, 0.5) is 0 Å². The summed E-state index contributed by atoms with van der Waals surface area (Å²) in [5.41, 5.74) is 0. The van der Waals surface area contributed by atoms with Crippen molar-refractivity contribution in [2.24, 2.45) is 0 Å². The monoisotopic (exact) mass is 196 g/mol. The number of rotatable bonds is 2. The molecule has 2 atom stereocenters. The maximum atomic E-state index is 8.71. The van der Waals surface area contributed by atoms with Crippen LogP contribution in [0.25, 0.3) is 0 Å². The number of aliphatic hydroxyl groups excluding tert-OH is 2. The van der Waals surface area contributed by atoms with E-state index in [9.17, 15) is 0 Å². The molecule has 0 spiro atoms. The Kier molecular flexibility index (Phi) is 2.99. The molecule has 0 radical (unpaired) electrons. The predicted molar refractivity (Wildman–Crippen MR) is 36.7 cm³/mol. The minimum absolute atomic E-state index is 0.330. The van der Waals surface area contributed by atoms with Crippen LogP contribution in [-0.2, 0) is 0 Å². The molecule has 0 aliphatic carbocycles. The van der Waals surface area contributed by atoms with E-state index >= 15 is 0 Å². The summed E-state index contributed by atoms with van der Waals surface area (Å²) in [7, 11) is 0. The molecule has 0 aromatic rings. The van der Waals surface area contributed by atoms with Crippen molar-refractivity contribution in [1.82, 2.24) is 0 Å². The Morgan fingerprint density at radius 1 is 1.11 bits per heavy atom. The van der Waals surface area contributed by atoms with Crippen LogP contribution in [0.2, 0.25) is 9.63 Å². The topological polar surface area (TPSA) is 40.5 Å². The van der Waals surface area contributed by atoms with Crippen LogP contribution in [0.15, 0.2) is 0 Å². The maximum absolute atomic E-state index is 8.71. The second kappa shape index (κ2) is 3.57. The average Bonchev–Trinajstić information content (AvgIpc) is 2.34.